The van der Waals surface area contributed by atoms with Crippen LogP contribution in [0.4, 0.5) is 5.69 Å². The Morgan fingerprint density at radius 1 is 1.43 bits per heavy atom. The third-order valence-electron chi connectivity index (χ3n) is 3.35. The maximum atomic E-state index is 11.8. The summed E-state index contributed by atoms with van der Waals surface area (Å²) in [6, 6.07) is 1.54. The molecule has 0 spiro atoms. The molecule has 116 valence electrons. The van der Waals surface area contributed by atoms with Crippen molar-refractivity contribution in [3.05, 3.63) is 17.8 Å². The van der Waals surface area contributed by atoms with E-state index in [0.29, 0.717) is 12.5 Å². The number of anilines is 1. The van der Waals surface area contributed by atoms with E-state index in [9.17, 15) is 4.79 Å². The van der Waals surface area contributed by atoms with Crippen LogP contribution in [0.1, 0.15) is 44.0 Å². The van der Waals surface area contributed by atoms with Crippen LogP contribution in [0.2, 0.25) is 0 Å². The van der Waals surface area contributed by atoms with Crippen LogP contribution in [-0.2, 0) is 9.47 Å². The minimum atomic E-state index is -0.462. The average Bonchev–Trinajstić information content (AvgIpc) is 2.40. The summed E-state index contributed by atoms with van der Waals surface area (Å²) in [5.41, 5.74) is 6.33. The minimum Gasteiger partial charge on any atom is -0.474 e. The summed E-state index contributed by atoms with van der Waals surface area (Å²) in [6.07, 6.45) is 3.34. The lowest BCUT2D eigenvalue weighted by atomic mass is 10.0. The first-order chi connectivity index (χ1) is 9.99. The van der Waals surface area contributed by atoms with Crippen LogP contribution in [0.3, 0.4) is 0 Å². The predicted octanol–water partition coefficient (Wildman–Crippen LogP) is 2.18. The van der Waals surface area contributed by atoms with Gasteiger partial charge in [0.1, 0.15) is 6.10 Å². The van der Waals surface area contributed by atoms with Crippen molar-refractivity contribution >= 4 is 11.7 Å². The van der Waals surface area contributed by atoms with Gasteiger partial charge in [0.2, 0.25) is 5.88 Å². The third-order valence-corrected chi connectivity index (χ3v) is 3.35. The van der Waals surface area contributed by atoms with Gasteiger partial charge in [0.15, 0.2) is 0 Å². The number of pyridine rings is 1. The molecule has 1 aliphatic rings. The first-order valence-electron chi connectivity index (χ1n) is 7.24. The molecule has 0 saturated carbocycles. The molecule has 2 rings (SSSR count). The molecule has 6 nitrogen and oxygen atoms in total. The second-order valence-corrected chi connectivity index (χ2v) is 5.30. The highest BCUT2D eigenvalue weighted by atomic mass is 16.5. The Hall–Kier alpha value is -1.82. The van der Waals surface area contributed by atoms with E-state index >= 15 is 0 Å². The molecule has 6 heteroatoms. The molecular formula is C15H22N2O4. The topological polar surface area (TPSA) is 83.7 Å². The van der Waals surface area contributed by atoms with Gasteiger partial charge in [-0.1, -0.05) is 0 Å². The lowest BCUT2D eigenvalue weighted by molar-refractivity contribution is -0.0729. The van der Waals surface area contributed by atoms with Gasteiger partial charge in [-0.2, -0.15) is 0 Å². The standard InChI is InChI=1S/C15H22N2O4/c1-4-19-15(18)12-7-14(17-8-13(12)16)21-11-5-9(2)20-10(3)6-11/h7-11H,4-6,16H2,1-3H3. The SMILES string of the molecule is CCOC(=O)c1cc(OC2CC(C)OC(C)C2)ncc1N. The fourth-order valence-electron chi connectivity index (χ4n) is 2.51. The molecule has 0 aromatic carbocycles. The van der Waals surface area contributed by atoms with E-state index in [-0.39, 0.29) is 29.6 Å². The van der Waals surface area contributed by atoms with Gasteiger partial charge in [-0.3, -0.25) is 0 Å². The molecule has 2 heterocycles. The number of hydrogen-bond donors (Lipinski definition) is 1. The minimum absolute atomic E-state index is 0.0231. The first-order valence-corrected chi connectivity index (χ1v) is 7.24. The Morgan fingerprint density at radius 2 is 2.10 bits per heavy atom. The van der Waals surface area contributed by atoms with Crippen molar-refractivity contribution in [2.24, 2.45) is 0 Å². The maximum absolute atomic E-state index is 11.8. The molecule has 1 aromatic rings. The van der Waals surface area contributed by atoms with Crippen LogP contribution >= 0.6 is 0 Å². The molecule has 1 saturated heterocycles. The van der Waals surface area contributed by atoms with Crippen LogP contribution < -0.4 is 10.5 Å². The zero-order valence-corrected chi connectivity index (χ0v) is 12.7. The van der Waals surface area contributed by atoms with Gasteiger partial charge in [-0.05, 0) is 20.8 Å². The van der Waals surface area contributed by atoms with Gasteiger partial charge in [0, 0.05) is 18.9 Å². The molecule has 1 aliphatic heterocycles. The molecule has 0 aliphatic carbocycles. The quantitative estimate of drug-likeness (QED) is 0.857. The van der Waals surface area contributed by atoms with Crippen molar-refractivity contribution < 1.29 is 19.0 Å². The number of carbonyl (C=O) groups excluding carboxylic acids is 1. The highest BCUT2D eigenvalue weighted by Gasteiger charge is 2.26. The number of nitrogens with zero attached hydrogens (tertiary/aromatic N) is 1. The molecule has 21 heavy (non-hydrogen) atoms. The van der Waals surface area contributed by atoms with Crippen LogP contribution in [0.15, 0.2) is 12.3 Å². The van der Waals surface area contributed by atoms with E-state index < -0.39 is 5.97 Å². The predicted molar refractivity (Wildman–Crippen MR) is 78.3 cm³/mol. The Labute approximate surface area is 124 Å². The van der Waals surface area contributed by atoms with Crippen LogP contribution in [-0.4, -0.2) is 35.9 Å². The highest BCUT2D eigenvalue weighted by molar-refractivity contribution is 5.95. The second kappa shape index (κ2) is 6.76. The van der Waals surface area contributed by atoms with E-state index in [0.717, 1.165) is 12.8 Å². The smallest absolute Gasteiger partial charge is 0.340 e. The van der Waals surface area contributed by atoms with Crippen molar-refractivity contribution in [3.63, 3.8) is 0 Å². The second-order valence-electron chi connectivity index (χ2n) is 5.30. The molecule has 2 unspecified atom stereocenters. The first kappa shape index (κ1) is 15.6. The monoisotopic (exact) mass is 294 g/mol. The number of esters is 1. The van der Waals surface area contributed by atoms with E-state index in [1.165, 1.54) is 12.3 Å². The van der Waals surface area contributed by atoms with Gasteiger partial charge in [-0.25, -0.2) is 9.78 Å². The summed E-state index contributed by atoms with van der Waals surface area (Å²) in [7, 11) is 0. The lowest BCUT2D eigenvalue weighted by Gasteiger charge is -2.31. The summed E-state index contributed by atoms with van der Waals surface area (Å²) in [5.74, 6) is -0.0745. The summed E-state index contributed by atoms with van der Waals surface area (Å²) >= 11 is 0. The van der Waals surface area contributed by atoms with Crippen LogP contribution in [0.5, 0.6) is 5.88 Å². The van der Waals surface area contributed by atoms with Gasteiger partial charge in [0.05, 0.1) is 36.3 Å². The number of aromatic nitrogens is 1. The fourth-order valence-corrected chi connectivity index (χ4v) is 2.51. The van der Waals surface area contributed by atoms with Crippen molar-refractivity contribution in [1.82, 2.24) is 4.98 Å². The molecule has 0 radical (unpaired) electrons. The van der Waals surface area contributed by atoms with Crippen molar-refractivity contribution in [2.45, 2.75) is 51.9 Å². The Kier molecular flexibility index (Phi) is 5.01. The average molecular weight is 294 g/mol. The molecule has 0 bridgehead atoms. The number of nitrogen functional groups attached to an aromatic ring is 1. The fraction of sp³-hybridized carbons (Fsp3) is 0.600. The summed E-state index contributed by atoms with van der Waals surface area (Å²) in [6.45, 7) is 6.09. The van der Waals surface area contributed by atoms with Crippen LogP contribution in [0, 0.1) is 0 Å². The summed E-state index contributed by atoms with van der Waals surface area (Å²) in [4.78, 5) is 15.9. The molecule has 1 aromatic heterocycles. The number of rotatable bonds is 4. The van der Waals surface area contributed by atoms with Gasteiger partial charge < -0.3 is 19.9 Å². The third kappa shape index (κ3) is 4.07. The van der Waals surface area contributed by atoms with Gasteiger partial charge in [0.25, 0.3) is 0 Å². The van der Waals surface area contributed by atoms with E-state index in [1.54, 1.807) is 6.92 Å². The largest absolute Gasteiger partial charge is 0.474 e. The number of ether oxygens (including phenoxy) is 3. The molecule has 0 amide bonds. The maximum Gasteiger partial charge on any atom is 0.340 e. The lowest BCUT2D eigenvalue weighted by Crippen LogP contribution is -2.35. The number of hydrogen-bond acceptors (Lipinski definition) is 6. The highest BCUT2D eigenvalue weighted by Crippen LogP contribution is 2.25. The zero-order valence-electron chi connectivity index (χ0n) is 12.7. The Balaban J connectivity index is 2.10. The molecule has 2 atom stereocenters. The van der Waals surface area contributed by atoms with Crippen molar-refractivity contribution in [2.75, 3.05) is 12.3 Å². The van der Waals surface area contributed by atoms with E-state index in [2.05, 4.69) is 4.98 Å². The van der Waals surface area contributed by atoms with Crippen LogP contribution in [0.25, 0.3) is 0 Å². The van der Waals surface area contributed by atoms with Gasteiger partial charge >= 0.3 is 5.97 Å². The van der Waals surface area contributed by atoms with E-state index in [1.807, 2.05) is 13.8 Å². The molecule has 1 fully saturated rings. The van der Waals surface area contributed by atoms with Crippen molar-refractivity contribution in [3.8, 4) is 5.88 Å². The normalized spacial score (nSPS) is 25.4. The molecular weight excluding hydrogens is 272 g/mol. The van der Waals surface area contributed by atoms with Crippen molar-refractivity contribution in [1.29, 1.82) is 0 Å². The Morgan fingerprint density at radius 3 is 2.71 bits per heavy atom. The number of carbonyl (C=O) groups is 1. The summed E-state index contributed by atoms with van der Waals surface area (Å²) < 4.78 is 16.5. The zero-order chi connectivity index (χ0) is 15.4. The number of nitrogens with two attached hydrogens (primary N) is 1. The van der Waals surface area contributed by atoms with Gasteiger partial charge in [-0.15, -0.1) is 0 Å². The van der Waals surface area contributed by atoms with E-state index in [4.69, 9.17) is 19.9 Å². The molecule has 2 N–H and O–H groups in total. The summed E-state index contributed by atoms with van der Waals surface area (Å²) in [5, 5.41) is 0. The Bertz CT molecular complexity index is 496.